The second-order valence-electron chi connectivity index (χ2n) is 3.74. The highest BCUT2D eigenvalue weighted by Crippen LogP contribution is 2.39. The summed E-state index contributed by atoms with van der Waals surface area (Å²) in [5.74, 6) is 0.805. The van der Waals surface area contributed by atoms with E-state index in [-0.39, 0.29) is 11.3 Å². The molecule has 1 heterocycles. The minimum Gasteiger partial charge on any atom is -0.486 e. The molecule has 0 radical (unpaired) electrons. The van der Waals surface area contributed by atoms with Crippen LogP contribution in [-0.2, 0) is 0 Å². The zero-order valence-corrected chi connectivity index (χ0v) is 9.38. The summed E-state index contributed by atoms with van der Waals surface area (Å²) < 4.78 is 10.6. The van der Waals surface area contributed by atoms with Crippen LogP contribution in [0.2, 0.25) is 0 Å². The van der Waals surface area contributed by atoms with Gasteiger partial charge in [-0.15, -0.1) is 0 Å². The van der Waals surface area contributed by atoms with Crippen molar-refractivity contribution < 1.29 is 19.5 Å². The maximum absolute atomic E-state index is 10.9. The second-order valence-corrected chi connectivity index (χ2v) is 3.74. The van der Waals surface area contributed by atoms with Crippen LogP contribution in [-0.4, -0.2) is 23.2 Å². The lowest BCUT2D eigenvalue weighted by Gasteiger charge is -2.20. The molecule has 17 heavy (non-hydrogen) atoms. The first kappa shape index (κ1) is 11.7. The summed E-state index contributed by atoms with van der Waals surface area (Å²) in [6.45, 7) is 2.54. The molecule has 0 fully saturated rings. The number of hydrogen-bond donors (Lipinski definition) is 1. The molecule has 0 bridgehead atoms. The van der Waals surface area contributed by atoms with E-state index in [4.69, 9.17) is 9.47 Å². The fourth-order valence-corrected chi connectivity index (χ4v) is 1.74. The number of hydrogen-bond acceptors (Lipinski definition) is 5. The fourth-order valence-electron chi connectivity index (χ4n) is 1.74. The van der Waals surface area contributed by atoms with E-state index < -0.39 is 11.0 Å². The molecule has 0 aromatic heterocycles. The molecule has 1 atom stereocenters. The molecule has 0 amide bonds. The Morgan fingerprint density at radius 2 is 2.00 bits per heavy atom. The van der Waals surface area contributed by atoms with Gasteiger partial charge in [-0.1, -0.05) is 6.92 Å². The lowest BCUT2D eigenvalue weighted by atomic mass is 10.0. The van der Waals surface area contributed by atoms with Gasteiger partial charge in [0.25, 0.3) is 5.69 Å². The lowest BCUT2D eigenvalue weighted by molar-refractivity contribution is -0.386. The average molecular weight is 239 g/mol. The van der Waals surface area contributed by atoms with Crippen LogP contribution < -0.4 is 9.47 Å². The molecule has 0 spiro atoms. The third-order valence-corrected chi connectivity index (χ3v) is 2.63. The standard InChI is InChI=1S/C11H13NO5/c1-2-9(13)7-5-10-11(17-4-3-16-10)6-8(7)12(14)15/h5-6,9,13H,2-4H2,1H3/t9-/m0/s1. The van der Waals surface area contributed by atoms with Crippen LogP contribution in [0.25, 0.3) is 0 Å². The summed E-state index contributed by atoms with van der Waals surface area (Å²) in [6.07, 6.45) is -0.466. The maximum Gasteiger partial charge on any atom is 0.279 e. The van der Waals surface area contributed by atoms with E-state index in [1.54, 1.807) is 6.92 Å². The monoisotopic (exact) mass is 239 g/mol. The number of aliphatic hydroxyl groups excluding tert-OH is 1. The molecule has 2 rings (SSSR count). The van der Waals surface area contributed by atoms with Crippen molar-refractivity contribution in [2.45, 2.75) is 19.4 Å². The van der Waals surface area contributed by atoms with E-state index in [2.05, 4.69) is 0 Å². The molecule has 0 unspecified atom stereocenters. The van der Waals surface area contributed by atoms with E-state index in [1.165, 1.54) is 12.1 Å². The van der Waals surface area contributed by atoms with Gasteiger partial charge >= 0.3 is 0 Å². The molecular weight excluding hydrogens is 226 g/mol. The van der Waals surface area contributed by atoms with Crippen molar-refractivity contribution >= 4 is 5.69 Å². The molecule has 1 aliphatic rings. The Labute approximate surface area is 97.9 Å². The molecule has 1 N–H and O–H groups in total. The van der Waals surface area contributed by atoms with Crippen molar-refractivity contribution in [1.29, 1.82) is 0 Å². The number of nitro benzene ring substituents is 1. The van der Waals surface area contributed by atoms with Gasteiger partial charge in [-0.2, -0.15) is 0 Å². The van der Waals surface area contributed by atoms with Crippen molar-refractivity contribution in [2.75, 3.05) is 13.2 Å². The Hall–Kier alpha value is -1.82. The first-order valence-electron chi connectivity index (χ1n) is 5.39. The third-order valence-electron chi connectivity index (χ3n) is 2.63. The molecule has 0 saturated carbocycles. The predicted molar refractivity (Wildman–Crippen MR) is 59.3 cm³/mol. The number of nitro groups is 1. The summed E-state index contributed by atoms with van der Waals surface area (Å²) in [5, 5.41) is 20.7. The highest BCUT2D eigenvalue weighted by molar-refractivity contribution is 5.55. The largest absolute Gasteiger partial charge is 0.486 e. The van der Waals surface area contributed by atoms with Gasteiger partial charge in [-0.3, -0.25) is 10.1 Å². The quantitative estimate of drug-likeness (QED) is 0.642. The second kappa shape index (κ2) is 4.58. The van der Waals surface area contributed by atoms with Crippen molar-refractivity contribution in [3.8, 4) is 11.5 Å². The number of rotatable bonds is 3. The minimum absolute atomic E-state index is 0.136. The van der Waals surface area contributed by atoms with E-state index in [0.717, 1.165) is 0 Å². The summed E-state index contributed by atoms with van der Waals surface area (Å²) in [5.41, 5.74) is 0.130. The molecule has 1 aliphatic heterocycles. The van der Waals surface area contributed by atoms with Crippen LogP contribution in [0.1, 0.15) is 25.0 Å². The number of ether oxygens (including phenoxy) is 2. The Morgan fingerprint density at radius 3 is 2.53 bits per heavy atom. The SMILES string of the molecule is CC[C@H](O)c1cc2c(cc1[N+](=O)[O-])OCCO2. The van der Waals surface area contributed by atoms with E-state index >= 15 is 0 Å². The van der Waals surface area contributed by atoms with Gasteiger partial charge in [0.1, 0.15) is 13.2 Å². The molecule has 6 heteroatoms. The van der Waals surface area contributed by atoms with E-state index in [0.29, 0.717) is 31.1 Å². The van der Waals surface area contributed by atoms with Crippen molar-refractivity contribution in [1.82, 2.24) is 0 Å². The first-order valence-corrected chi connectivity index (χ1v) is 5.39. The minimum atomic E-state index is -0.869. The molecule has 0 saturated heterocycles. The summed E-state index contributed by atoms with van der Waals surface area (Å²) >= 11 is 0. The summed E-state index contributed by atoms with van der Waals surface area (Å²) in [6, 6.07) is 2.80. The van der Waals surface area contributed by atoms with Crippen molar-refractivity contribution in [3.05, 3.63) is 27.8 Å². The molecule has 92 valence electrons. The first-order chi connectivity index (χ1) is 8.13. The third kappa shape index (κ3) is 2.16. The number of fused-ring (bicyclic) bond motifs is 1. The highest BCUT2D eigenvalue weighted by atomic mass is 16.6. The lowest BCUT2D eigenvalue weighted by Crippen LogP contribution is -2.16. The van der Waals surface area contributed by atoms with E-state index in [9.17, 15) is 15.2 Å². The van der Waals surface area contributed by atoms with E-state index in [1.807, 2.05) is 0 Å². The Morgan fingerprint density at radius 1 is 1.41 bits per heavy atom. The molecule has 1 aromatic carbocycles. The fraction of sp³-hybridized carbons (Fsp3) is 0.455. The number of aliphatic hydroxyl groups is 1. The molecule has 0 aliphatic carbocycles. The van der Waals surface area contributed by atoms with Crippen LogP contribution in [0.3, 0.4) is 0 Å². The van der Waals surface area contributed by atoms with Gasteiger partial charge in [0.2, 0.25) is 0 Å². The Bertz CT molecular complexity index is 446. The van der Waals surface area contributed by atoms with Gasteiger partial charge in [-0.05, 0) is 12.5 Å². The van der Waals surface area contributed by atoms with Gasteiger partial charge in [0, 0.05) is 0 Å². The Kier molecular flexibility index (Phi) is 3.14. The van der Waals surface area contributed by atoms with Gasteiger partial charge < -0.3 is 14.6 Å². The van der Waals surface area contributed by atoms with Gasteiger partial charge in [-0.25, -0.2) is 0 Å². The predicted octanol–water partition coefficient (Wildman–Crippen LogP) is 1.81. The van der Waals surface area contributed by atoms with Crippen molar-refractivity contribution in [3.63, 3.8) is 0 Å². The van der Waals surface area contributed by atoms with Gasteiger partial charge in [0.05, 0.1) is 22.7 Å². The van der Waals surface area contributed by atoms with Crippen LogP contribution in [0.5, 0.6) is 11.5 Å². The molecular formula is C11H13NO5. The number of benzene rings is 1. The molecule has 6 nitrogen and oxygen atoms in total. The van der Waals surface area contributed by atoms with Crippen molar-refractivity contribution in [2.24, 2.45) is 0 Å². The van der Waals surface area contributed by atoms with Crippen LogP contribution in [0.15, 0.2) is 12.1 Å². The van der Waals surface area contributed by atoms with Gasteiger partial charge in [0.15, 0.2) is 11.5 Å². The normalized spacial score (nSPS) is 15.4. The zero-order chi connectivity index (χ0) is 12.4. The maximum atomic E-state index is 10.9. The zero-order valence-electron chi connectivity index (χ0n) is 9.38. The summed E-state index contributed by atoms with van der Waals surface area (Å²) in [7, 11) is 0. The van der Waals surface area contributed by atoms with Crippen LogP contribution in [0, 0.1) is 10.1 Å². The highest BCUT2D eigenvalue weighted by Gasteiger charge is 2.25. The summed E-state index contributed by atoms with van der Waals surface area (Å²) in [4.78, 5) is 10.4. The Balaban J connectivity index is 2.51. The average Bonchev–Trinajstić information content (AvgIpc) is 2.36. The molecule has 1 aromatic rings. The topological polar surface area (TPSA) is 81.8 Å². The number of nitrogens with zero attached hydrogens (tertiary/aromatic N) is 1. The van der Waals surface area contributed by atoms with Crippen LogP contribution >= 0.6 is 0 Å². The smallest absolute Gasteiger partial charge is 0.279 e. The van der Waals surface area contributed by atoms with Crippen LogP contribution in [0.4, 0.5) is 5.69 Å².